The average Bonchev–Trinajstić information content (AvgIpc) is 3.78. The Hall–Kier alpha value is -2.24. The van der Waals surface area contributed by atoms with Gasteiger partial charge in [0.1, 0.15) is 11.7 Å². The van der Waals surface area contributed by atoms with Gasteiger partial charge in [0.25, 0.3) is 0 Å². The van der Waals surface area contributed by atoms with E-state index in [4.69, 9.17) is 18.9 Å². The Morgan fingerprint density at radius 2 is 1.98 bits per heavy atom. The average molecular weight is 621 g/mol. The summed E-state index contributed by atoms with van der Waals surface area (Å²) >= 11 is 0. The number of nitrogens with zero attached hydrogens (tertiary/aromatic N) is 1. The molecule has 3 heterocycles. The summed E-state index contributed by atoms with van der Waals surface area (Å²) in [5.74, 6) is -0.316. The molecule has 0 aromatic carbocycles. The molecule has 10 heteroatoms. The van der Waals surface area contributed by atoms with Crippen molar-refractivity contribution in [3.63, 3.8) is 0 Å². The zero-order chi connectivity index (χ0) is 32.4. The smallest absolute Gasteiger partial charge is 0.410 e. The van der Waals surface area contributed by atoms with Gasteiger partial charge in [-0.15, -0.1) is 0 Å². The van der Waals surface area contributed by atoms with Crippen molar-refractivity contribution in [2.24, 2.45) is 17.8 Å². The normalized spacial score (nSPS) is 35.2. The Morgan fingerprint density at radius 3 is 2.64 bits per heavy atom. The van der Waals surface area contributed by atoms with E-state index in [1.54, 1.807) is 12.0 Å². The summed E-state index contributed by atoms with van der Waals surface area (Å²) in [5, 5.41) is 24.0. The van der Waals surface area contributed by atoms with Gasteiger partial charge in [-0.05, 0) is 57.1 Å². The predicted octanol–water partition coefficient (Wildman–Crippen LogP) is 4.15. The van der Waals surface area contributed by atoms with Crippen molar-refractivity contribution < 1.29 is 38.7 Å². The van der Waals surface area contributed by atoms with Gasteiger partial charge in [0.05, 0.1) is 30.8 Å². The number of carbonyl (C=O) groups is 2. The van der Waals surface area contributed by atoms with E-state index >= 15 is 0 Å². The topological polar surface area (TPSA) is 130 Å². The number of piperazine rings is 1. The van der Waals surface area contributed by atoms with Crippen LogP contribution in [0.5, 0.6) is 0 Å². The maximum atomic E-state index is 13.1. The molecule has 0 saturated carbocycles. The Labute approximate surface area is 263 Å². The van der Waals surface area contributed by atoms with Crippen molar-refractivity contribution in [2.75, 3.05) is 33.3 Å². The fourth-order valence-corrected chi connectivity index (χ4v) is 6.02. The minimum atomic E-state index is -0.916. The highest BCUT2D eigenvalue weighted by molar-refractivity contribution is 5.70. The second-order valence-corrected chi connectivity index (χ2v) is 13.1. The molecule has 0 unspecified atom stereocenters. The molecule has 0 bridgehead atoms. The molecule has 3 rings (SSSR count). The number of methoxy groups -OCH3 is 1. The van der Waals surface area contributed by atoms with Crippen molar-refractivity contribution in [1.82, 2.24) is 10.2 Å². The molecule has 10 nitrogen and oxygen atoms in total. The molecule has 1 amide bonds. The van der Waals surface area contributed by atoms with E-state index in [1.807, 2.05) is 58.9 Å². The van der Waals surface area contributed by atoms with Crippen LogP contribution in [0.25, 0.3) is 0 Å². The van der Waals surface area contributed by atoms with Gasteiger partial charge in [0, 0.05) is 45.1 Å². The summed E-state index contributed by atoms with van der Waals surface area (Å²) < 4.78 is 23.7. The lowest BCUT2D eigenvalue weighted by Gasteiger charge is -2.37. The third-order valence-electron chi connectivity index (χ3n) is 9.39. The molecule has 2 fully saturated rings. The predicted molar refractivity (Wildman–Crippen MR) is 169 cm³/mol. The van der Waals surface area contributed by atoms with Crippen LogP contribution in [0.3, 0.4) is 0 Å². The quantitative estimate of drug-likeness (QED) is 0.143. The highest BCUT2D eigenvalue weighted by Gasteiger charge is 2.45. The Bertz CT molecular complexity index is 1020. The van der Waals surface area contributed by atoms with Gasteiger partial charge in [-0.1, -0.05) is 52.0 Å². The Kier molecular flexibility index (Phi) is 13.9. The lowest BCUT2D eigenvalue weighted by Crippen LogP contribution is -2.50. The Morgan fingerprint density at radius 1 is 1.27 bits per heavy atom. The first-order valence-corrected chi connectivity index (χ1v) is 16.3. The van der Waals surface area contributed by atoms with Crippen molar-refractivity contribution >= 4 is 12.1 Å². The number of allylic oxidation sites excluding steroid dienone is 3. The number of amides is 1. The van der Waals surface area contributed by atoms with Gasteiger partial charge < -0.3 is 39.4 Å². The van der Waals surface area contributed by atoms with E-state index in [1.165, 1.54) is 0 Å². The molecule has 10 atom stereocenters. The number of hydrogen-bond donors (Lipinski definition) is 3. The van der Waals surface area contributed by atoms with Crippen molar-refractivity contribution in [2.45, 2.75) is 116 Å². The summed E-state index contributed by atoms with van der Waals surface area (Å²) in [6.45, 7) is 14.5. The van der Waals surface area contributed by atoms with Gasteiger partial charge >= 0.3 is 12.1 Å². The van der Waals surface area contributed by atoms with E-state index in [0.717, 1.165) is 18.4 Å². The zero-order valence-electron chi connectivity index (χ0n) is 27.7. The largest absolute Gasteiger partial charge is 0.457 e. The van der Waals surface area contributed by atoms with Crippen molar-refractivity contribution in [3.05, 3.63) is 36.0 Å². The number of epoxide rings is 1. The van der Waals surface area contributed by atoms with Gasteiger partial charge in [0.2, 0.25) is 0 Å². The monoisotopic (exact) mass is 620 g/mol. The standard InChI is InChI=1S/C34H56N2O8/c1-8-27(38)25(5)32-28(42-32)20-22(2)10-9-11-23(3)31-24(4)12-13-29(43-33(40)36-18-16-35-17-19-36)34(6,41-7)15-14-26(37)21-30(39)44-31/h9-13,22,24-29,31-32,35,37-38H,8,14-21H2,1-7H3/b10-9+,13-12-,23-11+/t22-,24-,25+,26-,27+,28+,29-,31+,32-,34-/m0/s1. The van der Waals surface area contributed by atoms with Crippen LogP contribution in [-0.4, -0.2) is 103 Å². The first kappa shape index (κ1) is 36.2. The fraction of sp³-hybridized carbons (Fsp3) is 0.765. The highest BCUT2D eigenvalue weighted by atomic mass is 16.6. The number of aliphatic hydroxyl groups excluding tert-OH is 2. The summed E-state index contributed by atoms with van der Waals surface area (Å²) in [6.07, 6.45) is 9.25. The molecule has 2 saturated heterocycles. The van der Waals surface area contributed by atoms with Crippen LogP contribution in [0.4, 0.5) is 4.79 Å². The molecule has 3 aliphatic rings. The molecule has 250 valence electrons. The number of ether oxygens (including phenoxy) is 4. The SMILES string of the molecule is CC[C@@H](O)[C@@H](C)[C@@H]1O[C@@H]1C[C@@H](C)/C=C/C=C(\C)[C@H]1OC(=O)C[C@@H](O)CC[C@](C)(OC)[C@@H](OC(=O)N2CCNCC2)/C=C\[C@@H]1C. The Balaban J connectivity index is 1.74. The molecule has 3 aliphatic heterocycles. The number of carbonyl (C=O) groups excluding carboxylic acids is 2. The number of aliphatic hydroxyl groups is 2. The first-order chi connectivity index (χ1) is 20.9. The van der Waals surface area contributed by atoms with Gasteiger partial charge in [0.15, 0.2) is 6.10 Å². The molecular weight excluding hydrogens is 564 g/mol. The zero-order valence-corrected chi connectivity index (χ0v) is 27.7. The molecule has 0 aromatic heterocycles. The van der Waals surface area contributed by atoms with E-state index in [2.05, 4.69) is 18.3 Å². The number of rotatable bonds is 10. The van der Waals surface area contributed by atoms with E-state index in [0.29, 0.717) is 32.6 Å². The van der Waals surface area contributed by atoms with Crippen LogP contribution in [0, 0.1) is 17.8 Å². The van der Waals surface area contributed by atoms with Crippen LogP contribution in [-0.2, 0) is 23.7 Å². The summed E-state index contributed by atoms with van der Waals surface area (Å²) in [7, 11) is 1.57. The molecule has 0 aliphatic carbocycles. The van der Waals surface area contributed by atoms with Crippen LogP contribution >= 0.6 is 0 Å². The fourth-order valence-electron chi connectivity index (χ4n) is 6.02. The van der Waals surface area contributed by atoms with E-state index in [9.17, 15) is 19.8 Å². The van der Waals surface area contributed by atoms with Gasteiger partial charge in [-0.25, -0.2) is 4.79 Å². The summed E-state index contributed by atoms with van der Waals surface area (Å²) in [5.41, 5.74) is -0.0467. The van der Waals surface area contributed by atoms with Crippen LogP contribution in [0.2, 0.25) is 0 Å². The molecule has 0 radical (unpaired) electrons. The first-order valence-electron chi connectivity index (χ1n) is 16.3. The van der Waals surface area contributed by atoms with E-state index < -0.39 is 36.0 Å². The summed E-state index contributed by atoms with van der Waals surface area (Å²) in [4.78, 5) is 27.6. The molecule has 0 aromatic rings. The van der Waals surface area contributed by atoms with Crippen LogP contribution in [0.15, 0.2) is 36.0 Å². The third kappa shape index (κ3) is 10.4. The molecule has 3 N–H and O–H groups in total. The maximum Gasteiger partial charge on any atom is 0.410 e. The van der Waals surface area contributed by atoms with Gasteiger partial charge in [-0.3, -0.25) is 4.79 Å². The van der Waals surface area contributed by atoms with Gasteiger partial charge in [-0.2, -0.15) is 0 Å². The van der Waals surface area contributed by atoms with E-state index in [-0.39, 0.29) is 48.9 Å². The molecular formula is C34H56N2O8. The maximum absolute atomic E-state index is 13.1. The number of cyclic esters (lactones) is 1. The third-order valence-corrected chi connectivity index (χ3v) is 9.39. The minimum Gasteiger partial charge on any atom is -0.457 e. The number of hydrogen-bond acceptors (Lipinski definition) is 9. The second kappa shape index (κ2) is 16.9. The van der Waals surface area contributed by atoms with Crippen LogP contribution < -0.4 is 5.32 Å². The second-order valence-electron chi connectivity index (χ2n) is 13.1. The summed E-state index contributed by atoms with van der Waals surface area (Å²) in [6, 6.07) is 0. The molecule has 0 spiro atoms. The van der Waals surface area contributed by atoms with Crippen molar-refractivity contribution in [1.29, 1.82) is 0 Å². The number of esters is 1. The minimum absolute atomic E-state index is 0.108. The lowest BCUT2D eigenvalue weighted by molar-refractivity contribution is -0.151. The highest BCUT2D eigenvalue weighted by Crippen LogP contribution is 2.36. The van der Waals surface area contributed by atoms with Crippen molar-refractivity contribution in [3.8, 4) is 0 Å². The number of nitrogens with one attached hydrogen (secondary N) is 1. The lowest BCUT2D eigenvalue weighted by atomic mass is 9.88. The van der Waals surface area contributed by atoms with Crippen LogP contribution in [0.1, 0.15) is 73.6 Å². The molecule has 44 heavy (non-hydrogen) atoms.